The van der Waals surface area contributed by atoms with Gasteiger partial charge in [0.1, 0.15) is 6.04 Å². The van der Waals surface area contributed by atoms with Crippen molar-refractivity contribution in [1.29, 1.82) is 0 Å². The van der Waals surface area contributed by atoms with E-state index in [9.17, 15) is 13.2 Å². The molecule has 0 spiro atoms. The maximum Gasteiger partial charge on any atom is 0.245 e. The zero-order valence-electron chi connectivity index (χ0n) is 15.7. The highest BCUT2D eigenvalue weighted by Gasteiger charge is 2.40. The third-order valence-electron chi connectivity index (χ3n) is 5.29. The molecule has 0 radical (unpaired) electrons. The molecule has 28 heavy (non-hydrogen) atoms. The van der Waals surface area contributed by atoms with Crippen LogP contribution in [0.1, 0.15) is 12.8 Å². The third kappa shape index (κ3) is 3.30. The Kier molecular flexibility index (Phi) is 4.91. The molecule has 3 aromatic carbocycles. The summed E-state index contributed by atoms with van der Waals surface area (Å²) in [5.74, 6) is -0.201. The predicted octanol–water partition coefficient (Wildman–Crippen LogP) is 3.66. The molecule has 0 aromatic heterocycles. The lowest BCUT2D eigenvalue weighted by atomic mass is 10.1. The number of para-hydroxylation sites is 1. The Bertz CT molecular complexity index is 1110. The largest absolute Gasteiger partial charge is 0.314 e. The normalized spacial score (nSPS) is 17.7. The SMILES string of the molecule is CN(C(=O)[C@H]1CCCN1S(=O)(=O)c1ccc2ccccc2c1)c1ccccc1. The molecule has 1 saturated heterocycles. The van der Waals surface area contributed by atoms with E-state index in [0.717, 1.165) is 16.5 Å². The zero-order chi connectivity index (χ0) is 19.7. The first-order valence-electron chi connectivity index (χ1n) is 9.32. The fourth-order valence-electron chi connectivity index (χ4n) is 3.74. The molecule has 1 heterocycles. The molecule has 6 heteroatoms. The van der Waals surface area contributed by atoms with E-state index in [1.807, 2.05) is 60.7 Å². The second kappa shape index (κ2) is 7.37. The smallest absolute Gasteiger partial charge is 0.245 e. The van der Waals surface area contributed by atoms with Crippen LogP contribution >= 0.6 is 0 Å². The van der Waals surface area contributed by atoms with Gasteiger partial charge in [-0.1, -0.05) is 48.5 Å². The summed E-state index contributed by atoms with van der Waals surface area (Å²) >= 11 is 0. The number of hydrogen-bond donors (Lipinski definition) is 0. The van der Waals surface area contributed by atoms with Crippen molar-refractivity contribution in [2.75, 3.05) is 18.5 Å². The maximum atomic E-state index is 13.3. The summed E-state index contributed by atoms with van der Waals surface area (Å²) in [6.07, 6.45) is 1.20. The van der Waals surface area contributed by atoms with Crippen molar-refractivity contribution in [3.05, 3.63) is 72.8 Å². The molecule has 0 bridgehead atoms. The van der Waals surface area contributed by atoms with Gasteiger partial charge in [0.15, 0.2) is 0 Å². The summed E-state index contributed by atoms with van der Waals surface area (Å²) < 4.78 is 28.0. The monoisotopic (exact) mass is 394 g/mol. The van der Waals surface area contributed by atoms with Gasteiger partial charge in [-0.25, -0.2) is 8.42 Å². The minimum absolute atomic E-state index is 0.201. The summed E-state index contributed by atoms with van der Waals surface area (Å²) in [7, 11) is -2.06. The second-order valence-electron chi connectivity index (χ2n) is 7.02. The molecule has 1 aliphatic heterocycles. The van der Waals surface area contributed by atoms with Gasteiger partial charge in [0.25, 0.3) is 0 Å². The summed E-state index contributed by atoms with van der Waals surface area (Å²) in [5.41, 5.74) is 0.752. The standard InChI is InChI=1S/C22H22N2O3S/c1-23(19-10-3-2-4-11-19)22(25)21-12-7-15-24(21)28(26,27)20-14-13-17-8-5-6-9-18(17)16-20/h2-6,8-11,13-14,16,21H,7,12,15H2,1H3/t21-/m1/s1. The van der Waals surface area contributed by atoms with Gasteiger partial charge in [-0.05, 0) is 47.9 Å². The van der Waals surface area contributed by atoms with Crippen LogP contribution in [0.25, 0.3) is 10.8 Å². The van der Waals surface area contributed by atoms with Crippen molar-refractivity contribution in [1.82, 2.24) is 4.31 Å². The Morgan fingerprint density at radius 3 is 2.39 bits per heavy atom. The topological polar surface area (TPSA) is 57.7 Å². The van der Waals surface area contributed by atoms with Gasteiger partial charge in [-0.2, -0.15) is 4.31 Å². The molecule has 1 aliphatic rings. The lowest BCUT2D eigenvalue weighted by molar-refractivity contribution is -0.121. The van der Waals surface area contributed by atoms with Gasteiger partial charge in [-0.15, -0.1) is 0 Å². The average molecular weight is 394 g/mol. The van der Waals surface area contributed by atoms with Crippen LogP contribution in [-0.2, 0) is 14.8 Å². The molecule has 144 valence electrons. The Morgan fingerprint density at radius 1 is 0.964 bits per heavy atom. The minimum atomic E-state index is -3.75. The van der Waals surface area contributed by atoms with Crippen LogP contribution in [0.4, 0.5) is 5.69 Å². The number of carbonyl (C=O) groups excluding carboxylic acids is 1. The number of sulfonamides is 1. The highest BCUT2D eigenvalue weighted by atomic mass is 32.2. The van der Waals surface area contributed by atoms with Crippen molar-refractivity contribution < 1.29 is 13.2 Å². The number of hydrogen-bond acceptors (Lipinski definition) is 3. The van der Waals surface area contributed by atoms with Crippen LogP contribution in [0.3, 0.4) is 0 Å². The van der Waals surface area contributed by atoms with Gasteiger partial charge in [0, 0.05) is 19.3 Å². The highest BCUT2D eigenvalue weighted by Crippen LogP contribution is 2.29. The van der Waals surface area contributed by atoms with E-state index in [1.54, 1.807) is 24.1 Å². The number of anilines is 1. The molecule has 0 saturated carbocycles. The maximum absolute atomic E-state index is 13.3. The summed E-state index contributed by atoms with van der Waals surface area (Å²) in [6, 6.07) is 21.4. The van der Waals surface area contributed by atoms with Gasteiger partial charge in [0.05, 0.1) is 4.90 Å². The number of carbonyl (C=O) groups is 1. The van der Waals surface area contributed by atoms with E-state index in [4.69, 9.17) is 0 Å². The summed E-state index contributed by atoms with van der Waals surface area (Å²) in [4.78, 5) is 14.8. The van der Waals surface area contributed by atoms with E-state index in [1.165, 1.54) is 4.31 Å². The Hall–Kier alpha value is -2.70. The lowest BCUT2D eigenvalue weighted by Crippen LogP contribution is -2.46. The second-order valence-corrected chi connectivity index (χ2v) is 8.91. The molecule has 1 fully saturated rings. The van der Waals surface area contributed by atoms with Crippen LogP contribution in [-0.4, -0.2) is 38.3 Å². The third-order valence-corrected chi connectivity index (χ3v) is 7.19. The lowest BCUT2D eigenvalue weighted by Gasteiger charge is -2.27. The molecule has 0 unspecified atom stereocenters. The minimum Gasteiger partial charge on any atom is -0.314 e. The first kappa shape index (κ1) is 18.7. The number of fused-ring (bicyclic) bond motifs is 1. The van der Waals surface area contributed by atoms with Gasteiger partial charge in [0.2, 0.25) is 15.9 Å². The molecular weight excluding hydrogens is 372 g/mol. The first-order valence-corrected chi connectivity index (χ1v) is 10.8. The van der Waals surface area contributed by atoms with Crippen molar-refractivity contribution in [3.8, 4) is 0 Å². The van der Waals surface area contributed by atoms with E-state index in [-0.39, 0.29) is 10.8 Å². The van der Waals surface area contributed by atoms with E-state index in [0.29, 0.717) is 19.4 Å². The fourth-order valence-corrected chi connectivity index (χ4v) is 5.43. The Balaban J connectivity index is 1.65. The van der Waals surface area contributed by atoms with Crippen LogP contribution in [0.15, 0.2) is 77.7 Å². The van der Waals surface area contributed by atoms with Gasteiger partial charge < -0.3 is 4.90 Å². The Morgan fingerprint density at radius 2 is 1.64 bits per heavy atom. The Labute approximate surface area is 165 Å². The molecular formula is C22H22N2O3S. The van der Waals surface area contributed by atoms with Crippen molar-refractivity contribution in [2.45, 2.75) is 23.8 Å². The van der Waals surface area contributed by atoms with Crippen LogP contribution in [0.2, 0.25) is 0 Å². The fraction of sp³-hybridized carbons (Fsp3) is 0.227. The van der Waals surface area contributed by atoms with Crippen LogP contribution < -0.4 is 4.90 Å². The van der Waals surface area contributed by atoms with E-state index < -0.39 is 16.1 Å². The number of rotatable bonds is 4. The van der Waals surface area contributed by atoms with Crippen LogP contribution in [0, 0.1) is 0 Å². The molecule has 1 amide bonds. The summed E-state index contributed by atoms with van der Waals surface area (Å²) in [5, 5.41) is 1.85. The predicted molar refractivity (Wildman–Crippen MR) is 111 cm³/mol. The van der Waals surface area contributed by atoms with E-state index in [2.05, 4.69) is 0 Å². The van der Waals surface area contributed by atoms with Crippen molar-refractivity contribution >= 4 is 32.4 Å². The van der Waals surface area contributed by atoms with Gasteiger partial charge >= 0.3 is 0 Å². The van der Waals surface area contributed by atoms with Crippen molar-refractivity contribution in [3.63, 3.8) is 0 Å². The number of likely N-dealkylation sites (N-methyl/N-ethyl adjacent to an activating group) is 1. The molecule has 5 nitrogen and oxygen atoms in total. The number of benzene rings is 3. The molecule has 4 rings (SSSR count). The van der Waals surface area contributed by atoms with Gasteiger partial charge in [-0.3, -0.25) is 4.79 Å². The first-order chi connectivity index (χ1) is 13.5. The van der Waals surface area contributed by atoms with E-state index >= 15 is 0 Å². The average Bonchev–Trinajstić information content (AvgIpc) is 3.24. The molecule has 0 aliphatic carbocycles. The van der Waals surface area contributed by atoms with Crippen LogP contribution in [0.5, 0.6) is 0 Å². The van der Waals surface area contributed by atoms with Crippen molar-refractivity contribution in [2.24, 2.45) is 0 Å². The quantitative estimate of drug-likeness (QED) is 0.679. The number of nitrogens with zero attached hydrogens (tertiary/aromatic N) is 2. The summed E-state index contributed by atoms with van der Waals surface area (Å²) in [6.45, 7) is 0.355. The zero-order valence-corrected chi connectivity index (χ0v) is 16.5. The molecule has 0 N–H and O–H groups in total. The molecule has 1 atom stereocenters. The highest BCUT2D eigenvalue weighted by molar-refractivity contribution is 7.89. The molecule has 3 aromatic rings. The number of amides is 1.